The Morgan fingerprint density at radius 3 is 2.70 bits per heavy atom. The van der Waals surface area contributed by atoms with Crippen LogP contribution in [-0.4, -0.2) is 24.7 Å². The fourth-order valence-electron chi connectivity index (χ4n) is 2.26. The highest BCUT2D eigenvalue weighted by atomic mass is 32.1. The molecule has 0 fully saturated rings. The predicted molar refractivity (Wildman–Crippen MR) is 78.5 cm³/mol. The number of aromatic nitrogens is 5. The third kappa shape index (κ3) is 2.85. The minimum absolute atomic E-state index is 0.0304. The van der Waals surface area contributed by atoms with E-state index >= 15 is 0 Å². The Kier molecular flexibility index (Phi) is 3.71. The van der Waals surface area contributed by atoms with Gasteiger partial charge in [-0.1, -0.05) is 0 Å². The summed E-state index contributed by atoms with van der Waals surface area (Å²) in [6.45, 7) is 4.11. The molecule has 3 rings (SSSR count). The molecule has 0 unspecified atom stereocenters. The minimum atomic E-state index is -4.47. The van der Waals surface area contributed by atoms with E-state index in [0.29, 0.717) is 23.3 Å². The molecule has 3 heterocycles. The SMILES string of the molecule is CCn1nc(C)c2nc(Cc3nc(C(F)(F)F)cs3)[nH]c(=O)c21. The van der Waals surface area contributed by atoms with Crippen LogP contribution in [0.15, 0.2) is 10.2 Å². The van der Waals surface area contributed by atoms with Crippen LogP contribution in [0.2, 0.25) is 0 Å². The first-order valence-corrected chi connectivity index (χ1v) is 7.65. The monoisotopic (exact) mass is 343 g/mol. The zero-order valence-corrected chi connectivity index (χ0v) is 13.0. The van der Waals surface area contributed by atoms with E-state index in [1.54, 1.807) is 11.6 Å². The van der Waals surface area contributed by atoms with Gasteiger partial charge in [0, 0.05) is 11.9 Å². The van der Waals surface area contributed by atoms with Crippen molar-refractivity contribution in [2.45, 2.75) is 33.0 Å². The van der Waals surface area contributed by atoms with Gasteiger partial charge in [-0.3, -0.25) is 9.48 Å². The van der Waals surface area contributed by atoms with Crippen LogP contribution in [0.1, 0.15) is 29.1 Å². The van der Waals surface area contributed by atoms with Crippen molar-refractivity contribution < 1.29 is 13.2 Å². The maximum atomic E-state index is 12.6. The Bertz CT molecular complexity index is 924. The smallest absolute Gasteiger partial charge is 0.308 e. The van der Waals surface area contributed by atoms with Crippen molar-refractivity contribution in [1.29, 1.82) is 0 Å². The Morgan fingerprint density at radius 1 is 1.35 bits per heavy atom. The summed E-state index contributed by atoms with van der Waals surface area (Å²) >= 11 is 0.882. The van der Waals surface area contributed by atoms with Crippen LogP contribution in [0.3, 0.4) is 0 Å². The standard InChI is InChI=1S/C13H12F3N5OS/c1-3-21-11-10(6(2)20-21)18-8(19-12(11)22)4-9-17-7(5-23-9)13(14,15)16/h5H,3-4H2,1-2H3,(H,18,19,22). The summed E-state index contributed by atoms with van der Waals surface area (Å²) in [5, 5.41) is 5.41. The molecule has 0 saturated carbocycles. The Balaban J connectivity index is 2.00. The molecular weight excluding hydrogens is 331 g/mol. The average Bonchev–Trinajstić information content (AvgIpc) is 3.04. The molecule has 0 atom stereocenters. The fraction of sp³-hybridized carbons (Fsp3) is 0.385. The minimum Gasteiger partial charge on any atom is -0.308 e. The second-order valence-corrected chi connectivity index (χ2v) is 5.85. The van der Waals surface area contributed by atoms with Gasteiger partial charge in [0.05, 0.1) is 12.1 Å². The highest BCUT2D eigenvalue weighted by molar-refractivity contribution is 7.09. The van der Waals surface area contributed by atoms with Crippen molar-refractivity contribution in [3.8, 4) is 0 Å². The number of rotatable bonds is 3. The summed E-state index contributed by atoms with van der Waals surface area (Å²) in [6.07, 6.45) is -4.44. The van der Waals surface area contributed by atoms with Crippen molar-refractivity contribution in [1.82, 2.24) is 24.7 Å². The molecule has 0 bridgehead atoms. The zero-order chi connectivity index (χ0) is 16.8. The molecule has 0 radical (unpaired) electrons. The van der Waals surface area contributed by atoms with Crippen molar-refractivity contribution >= 4 is 22.4 Å². The Labute approximate surface area is 132 Å². The summed E-state index contributed by atoms with van der Waals surface area (Å²) in [5.74, 6) is 0.268. The molecule has 122 valence electrons. The average molecular weight is 343 g/mol. The lowest BCUT2D eigenvalue weighted by Gasteiger charge is -2.01. The first kappa shape index (κ1) is 15.7. The summed E-state index contributed by atoms with van der Waals surface area (Å²) < 4.78 is 39.2. The molecule has 10 heteroatoms. The number of hydrogen-bond donors (Lipinski definition) is 1. The molecule has 23 heavy (non-hydrogen) atoms. The van der Waals surface area contributed by atoms with E-state index in [9.17, 15) is 18.0 Å². The van der Waals surface area contributed by atoms with Crippen LogP contribution >= 0.6 is 11.3 Å². The van der Waals surface area contributed by atoms with E-state index in [0.717, 1.165) is 16.7 Å². The largest absolute Gasteiger partial charge is 0.434 e. The van der Waals surface area contributed by atoms with Crippen LogP contribution < -0.4 is 5.56 Å². The number of aryl methyl sites for hydroxylation is 2. The number of aromatic amines is 1. The van der Waals surface area contributed by atoms with Crippen LogP contribution in [0.25, 0.3) is 11.0 Å². The second-order valence-electron chi connectivity index (χ2n) is 4.91. The van der Waals surface area contributed by atoms with Crippen LogP contribution in [0.4, 0.5) is 13.2 Å². The second kappa shape index (κ2) is 5.44. The maximum absolute atomic E-state index is 12.6. The summed E-state index contributed by atoms with van der Waals surface area (Å²) in [5.41, 5.74) is 0.127. The molecule has 0 aliphatic heterocycles. The van der Waals surface area contributed by atoms with Crippen molar-refractivity contribution in [3.63, 3.8) is 0 Å². The van der Waals surface area contributed by atoms with Gasteiger partial charge in [-0.25, -0.2) is 9.97 Å². The third-order valence-corrected chi connectivity index (χ3v) is 4.12. The van der Waals surface area contributed by atoms with Gasteiger partial charge in [0.25, 0.3) is 5.56 Å². The molecule has 0 spiro atoms. The maximum Gasteiger partial charge on any atom is 0.434 e. The fourth-order valence-corrected chi connectivity index (χ4v) is 3.07. The van der Waals surface area contributed by atoms with Gasteiger partial charge in [0.1, 0.15) is 16.3 Å². The summed E-state index contributed by atoms with van der Waals surface area (Å²) in [4.78, 5) is 22.6. The molecule has 3 aromatic rings. The lowest BCUT2D eigenvalue weighted by molar-refractivity contribution is -0.140. The number of nitrogens with one attached hydrogen (secondary N) is 1. The molecular formula is C13H12F3N5OS. The Morgan fingerprint density at radius 2 is 2.09 bits per heavy atom. The molecule has 0 aliphatic carbocycles. The zero-order valence-electron chi connectivity index (χ0n) is 12.2. The van der Waals surface area contributed by atoms with Gasteiger partial charge in [0.15, 0.2) is 11.2 Å². The van der Waals surface area contributed by atoms with Crippen LogP contribution in [0, 0.1) is 6.92 Å². The van der Waals surface area contributed by atoms with Crippen molar-refractivity contribution in [3.05, 3.63) is 38.0 Å². The predicted octanol–water partition coefficient (Wildman–Crippen LogP) is 2.51. The van der Waals surface area contributed by atoms with E-state index in [2.05, 4.69) is 20.1 Å². The van der Waals surface area contributed by atoms with E-state index in [1.165, 1.54) is 0 Å². The quantitative estimate of drug-likeness (QED) is 0.793. The van der Waals surface area contributed by atoms with Gasteiger partial charge < -0.3 is 4.98 Å². The van der Waals surface area contributed by atoms with Gasteiger partial charge in [-0.05, 0) is 13.8 Å². The highest BCUT2D eigenvalue weighted by Crippen LogP contribution is 2.30. The molecule has 0 saturated heterocycles. The first-order chi connectivity index (χ1) is 10.8. The van der Waals surface area contributed by atoms with Gasteiger partial charge in [-0.15, -0.1) is 11.3 Å². The summed E-state index contributed by atoms with van der Waals surface area (Å²) in [7, 11) is 0. The Hall–Kier alpha value is -2.23. The molecule has 0 aromatic carbocycles. The van der Waals surface area contributed by atoms with Crippen molar-refractivity contribution in [2.24, 2.45) is 0 Å². The molecule has 3 aromatic heterocycles. The lowest BCUT2D eigenvalue weighted by Crippen LogP contribution is -2.15. The summed E-state index contributed by atoms with van der Waals surface area (Å²) in [6, 6.07) is 0. The molecule has 6 nitrogen and oxygen atoms in total. The van der Waals surface area contributed by atoms with E-state index in [1.807, 2.05) is 6.92 Å². The number of nitrogens with zero attached hydrogens (tertiary/aromatic N) is 4. The number of H-pyrrole nitrogens is 1. The number of alkyl halides is 3. The molecule has 0 amide bonds. The van der Waals surface area contributed by atoms with Crippen LogP contribution in [0.5, 0.6) is 0 Å². The van der Waals surface area contributed by atoms with Crippen molar-refractivity contribution in [2.75, 3.05) is 0 Å². The van der Waals surface area contributed by atoms with Gasteiger partial charge in [0.2, 0.25) is 0 Å². The van der Waals surface area contributed by atoms with Gasteiger partial charge in [-0.2, -0.15) is 18.3 Å². The highest BCUT2D eigenvalue weighted by Gasteiger charge is 2.33. The van der Waals surface area contributed by atoms with E-state index < -0.39 is 11.9 Å². The first-order valence-electron chi connectivity index (χ1n) is 6.77. The van der Waals surface area contributed by atoms with E-state index in [4.69, 9.17) is 0 Å². The third-order valence-electron chi connectivity index (χ3n) is 3.28. The van der Waals surface area contributed by atoms with Gasteiger partial charge >= 0.3 is 6.18 Å². The number of fused-ring (bicyclic) bond motifs is 1. The number of hydrogen-bond acceptors (Lipinski definition) is 5. The molecule has 1 N–H and O–H groups in total. The normalized spacial score (nSPS) is 12.2. The topological polar surface area (TPSA) is 76.5 Å². The van der Waals surface area contributed by atoms with Crippen LogP contribution in [-0.2, 0) is 19.1 Å². The molecule has 0 aliphatic rings. The number of halogens is 3. The lowest BCUT2D eigenvalue weighted by atomic mass is 10.3. The number of thiazole rings is 1. The van der Waals surface area contributed by atoms with E-state index in [-0.39, 0.29) is 22.8 Å².